The molecule has 2 aliphatic rings. The highest BCUT2D eigenvalue weighted by Crippen LogP contribution is 2.41. The zero-order valence-electron chi connectivity index (χ0n) is 12.6. The average Bonchev–Trinajstić information content (AvgIpc) is 2.52. The van der Waals surface area contributed by atoms with Gasteiger partial charge in [-0.1, -0.05) is 12.2 Å². The summed E-state index contributed by atoms with van der Waals surface area (Å²) in [5.74, 6) is 2.86. The molecule has 112 valence electrons. The maximum absolute atomic E-state index is 12.0. The molecule has 0 aromatic heterocycles. The van der Waals surface area contributed by atoms with Gasteiger partial charge in [0.15, 0.2) is 0 Å². The van der Waals surface area contributed by atoms with Crippen LogP contribution in [0.25, 0.3) is 0 Å². The van der Waals surface area contributed by atoms with Crippen molar-refractivity contribution in [3.8, 4) is 6.07 Å². The van der Waals surface area contributed by atoms with Crippen molar-refractivity contribution in [2.24, 2.45) is 23.7 Å². The van der Waals surface area contributed by atoms with Crippen molar-refractivity contribution in [2.45, 2.75) is 64.2 Å². The van der Waals surface area contributed by atoms with E-state index >= 15 is 0 Å². The van der Waals surface area contributed by atoms with Crippen LogP contribution >= 0.6 is 0 Å². The summed E-state index contributed by atoms with van der Waals surface area (Å²) in [6, 6.07) is 2.43. The Hall–Kier alpha value is -0.840. The number of halogens is 1. The van der Waals surface area contributed by atoms with Crippen molar-refractivity contribution >= 4 is 0 Å². The summed E-state index contributed by atoms with van der Waals surface area (Å²) in [5, 5.41) is 8.96. The van der Waals surface area contributed by atoms with E-state index < -0.39 is 0 Å². The lowest BCUT2D eigenvalue weighted by atomic mass is 9.69. The Balaban J connectivity index is 1.67. The minimum absolute atomic E-state index is 0.192. The number of hydrogen-bond acceptors (Lipinski definition) is 1. The predicted molar refractivity (Wildman–Crippen MR) is 80.9 cm³/mol. The second-order valence-corrected chi connectivity index (χ2v) is 6.68. The average molecular weight is 277 g/mol. The highest BCUT2D eigenvalue weighted by molar-refractivity contribution is 4.93. The summed E-state index contributed by atoms with van der Waals surface area (Å²) in [7, 11) is 0. The van der Waals surface area contributed by atoms with Crippen LogP contribution in [0.2, 0.25) is 0 Å². The summed E-state index contributed by atoms with van der Waals surface area (Å²) in [4.78, 5) is 0. The molecule has 0 N–H and O–H groups in total. The zero-order chi connectivity index (χ0) is 14.2. The monoisotopic (exact) mass is 277 g/mol. The molecule has 0 radical (unpaired) electrons. The van der Waals surface area contributed by atoms with Gasteiger partial charge in [0, 0.05) is 5.92 Å². The van der Waals surface area contributed by atoms with Crippen molar-refractivity contribution < 1.29 is 4.39 Å². The fourth-order valence-corrected chi connectivity index (χ4v) is 4.01. The van der Waals surface area contributed by atoms with Crippen molar-refractivity contribution in [2.75, 3.05) is 6.67 Å². The molecule has 20 heavy (non-hydrogen) atoms. The Bertz CT molecular complexity index is 328. The summed E-state index contributed by atoms with van der Waals surface area (Å²) >= 11 is 0. The van der Waals surface area contributed by atoms with Gasteiger partial charge in [-0.3, -0.25) is 4.39 Å². The number of alkyl halides is 1. The van der Waals surface area contributed by atoms with E-state index in [2.05, 4.69) is 18.2 Å². The second-order valence-electron chi connectivity index (χ2n) is 6.68. The van der Waals surface area contributed by atoms with Crippen LogP contribution in [0, 0.1) is 35.0 Å². The summed E-state index contributed by atoms with van der Waals surface area (Å²) in [6.07, 6.45) is 16.3. The molecule has 0 bridgehead atoms. The van der Waals surface area contributed by atoms with E-state index in [0.717, 1.165) is 37.0 Å². The SMILES string of the molecule is N#C[C@H]1CC[C@H](C2CCC(/C=C/CCCF)CC2)CC1. The fraction of sp³-hybridized carbons (Fsp3) is 0.833. The van der Waals surface area contributed by atoms with Crippen LogP contribution in [0.15, 0.2) is 12.2 Å². The van der Waals surface area contributed by atoms with E-state index in [-0.39, 0.29) is 6.67 Å². The second kappa shape index (κ2) is 8.45. The molecule has 2 fully saturated rings. The van der Waals surface area contributed by atoms with Gasteiger partial charge in [0.2, 0.25) is 0 Å². The molecule has 0 aromatic rings. The Kier molecular flexibility index (Phi) is 6.57. The van der Waals surface area contributed by atoms with Crippen LogP contribution < -0.4 is 0 Å². The molecule has 0 aromatic carbocycles. The molecule has 2 saturated carbocycles. The van der Waals surface area contributed by atoms with Crippen molar-refractivity contribution in [1.82, 2.24) is 0 Å². The molecule has 2 aliphatic carbocycles. The maximum Gasteiger partial charge on any atom is 0.0897 e. The third kappa shape index (κ3) is 4.62. The normalized spacial score (nSPS) is 35.0. The fourth-order valence-electron chi connectivity index (χ4n) is 4.01. The van der Waals surface area contributed by atoms with Gasteiger partial charge in [-0.2, -0.15) is 5.26 Å². The van der Waals surface area contributed by atoms with Crippen molar-refractivity contribution in [3.05, 3.63) is 12.2 Å². The predicted octanol–water partition coefficient (Wildman–Crippen LogP) is 5.43. The van der Waals surface area contributed by atoms with E-state index in [4.69, 9.17) is 5.26 Å². The molecule has 2 rings (SSSR count). The van der Waals surface area contributed by atoms with E-state index in [1.807, 2.05) is 0 Å². The lowest BCUT2D eigenvalue weighted by Crippen LogP contribution is -2.25. The Morgan fingerprint density at radius 3 is 2.10 bits per heavy atom. The number of nitrogens with zero attached hydrogens (tertiary/aromatic N) is 1. The zero-order valence-corrected chi connectivity index (χ0v) is 12.6. The van der Waals surface area contributed by atoms with Gasteiger partial charge in [-0.25, -0.2) is 0 Å². The molecular weight excluding hydrogens is 249 g/mol. The standard InChI is InChI=1S/C18H28FN/c19-13-3-1-2-4-15-5-9-17(10-6-15)18-11-7-16(14-20)8-12-18/h2,4,15-18H,1,3,5-13H2/b4-2+/t15?,16-,17?,18-. The smallest absolute Gasteiger partial charge is 0.0897 e. The van der Waals surface area contributed by atoms with Crippen LogP contribution in [-0.2, 0) is 0 Å². The van der Waals surface area contributed by atoms with Gasteiger partial charge in [0.05, 0.1) is 12.7 Å². The summed E-state index contributed by atoms with van der Waals surface area (Å²) in [6.45, 7) is -0.192. The molecule has 2 heteroatoms. The highest BCUT2D eigenvalue weighted by Gasteiger charge is 2.30. The third-order valence-corrected chi connectivity index (χ3v) is 5.35. The largest absolute Gasteiger partial charge is 0.251 e. The Labute approximate surface area is 123 Å². The van der Waals surface area contributed by atoms with Gasteiger partial charge in [-0.15, -0.1) is 0 Å². The van der Waals surface area contributed by atoms with Crippen LogP contribution in [0.4, 0.5) is 4.39 Å². The first kappa shape index (κ1) is 15.5. The minimum Gasteiger partial charge on any atom is -0.251 e. The summed E-state index contributed by atoms with van der Waals surface area (Å²) < 4.78 is 12.0. The van der Waals surface area contributed by atoms with Gasteiger partial charge in [0.1, 0.15) is 0 Å². The first-order valence-corrected chi connectivity index (χ1v) is 8.45. The molecule has 0 spiro atoms. The lowest BCUT2D eigenvalue weighted by molar-refractivity contribution is 0.168. The van der Waals surface area contributed by atoms with Crippen LogP contribution in [0.5, 0.6) is 0 Å². The summed E-state index contributed by atoms with van der Waals surface area (Å²) in [5.41, 5.74) is 0. The van der Waals surface area contributed by atoms with E-state index in [9.17, 15) is 4.39 Å². The van der Waals surface area contributed by atoms with E-state index in [1.165, 1.54) is 38.5 Å². The molecule has 1 nitrogen and oxygen atoms in total. The molecule has 0 unspecified atom stereocenters. The lowest BCUT2D eigenvalue weighted by Gasteiger charge is -2.36. The van der Waals surface area contributed by atoms with Crippen LogP contribution in [-0.4, -0.2) is 6.67 Å². The number of nitriles is 1. The van der Waals surface area contributed by atoms with E-state index in [1.54, 1.807) is 0 Å². The molecule has 0 aliphatic heterocycles. The van der Waals surface area contributed by atoms with Gasteiger partial charge < -0.3 is 0 Å². The maximum atomic E-state index is 12.0. The first-order chi connectivity index (χ1) is 9.83. The number of allylic oxidation sites excluding steroid dienone is 2. The van der Waals surface area contributed by atoms with Gasteiger partial charge >= 0.3 is 0 Å². The highest BCUT2D eigenvalue weighted by atomic mass is 19.1. The number of rotatable bonds is 5. The van der Waals surface area contributed by atoms with Crippen molar-refractivity contribution in [3.63, 3.8) is 0 Å². The molecule has 0 heterocycles. The van der Waals surface area contributed by atoms with Crippen LogP contribution in [0.3, 0.4) is 0 Å². The topological polar surface area (TPSA) is 23.8 Å². The minimum atomic E-state index is -0.192. The number of hydrogen-bond donors (Lipinski definition) is 0. The molecular formula is C18H28FN. The van der Waals surface area contributed by atoms with Crippen molar-refractivity contribution in [1.29, 1.82) is 5.26 Å². The quantitative estimate of drug-likeness (QED) is 0.485. The Morgan fingerprint density at radius 1 is 0.950 bits per heavy atom. The van der Waals surface area contributed by atoms with Gasteiger partial charge in [0.25, 0.3) is 0 Å². The Morgan fingerprint density at radius 2 is 1.55 bits per heavy atom. The number of unbranched alkanes of at least 4 members (excludes halogenated alkanes) is 1. The first-order valence-electron chi connectivity index (χ1n) is 8.45. The van der Waals surface area contributed by atoms with Crippen LogP contribution in [0.1, 0.15) is 64.2 Å². The van der Waals surface area contributed by atoms with Gasteiger partial charge in [-0.05, 0) is 82.0 Å². The molecule has 0 amide bonds. The molecule has 0 atom stereocenters. The third-order valence-electron chi connectivity index (χ3n) is 5.35. The molecule has 0 saturated heterocycles. The van der Waals surface area contributed by atoms with E-state index in [0.29, 0.717) is 12.3 Å².